The van der Waals surface area contributed by atoms with E-state index >= 15 is 0 Å². The molecule has 1 atom stereocenters. The largest absolute Gasteiger partial charge is 0.383 e. The number of carbonyl (C=O) groups excluding carboxylic acids is 1. The number of amides is 1. The second-order valence-electron chi connectivity index (χ2n) is 4.76. The smallest absolute Gasteiger partial charge is 0.240 e. The molecule has 92 valence electrons. The van der Waals surface area contributed by atoms with Gasteiger partial charge in [0.25, 0.3) is 0 Å². The van der Waals surface area contributed by atoms with Crippen LogP contribution in [0.5, 0.6) is 0 Å². The second kappa shape index (κ2) is 5.64. The highest BCUT2D eigenvalue weighted by Gasteiger charge is 2.35. The highest BCUT2D eigenvalue weighted by molar-refractivity contribution is 5.82. The first kappa shape index (κ1) is 11.9. The van der Waals surface area contributed by atoms with Crippen LogP contribution in [-0.4, -0.2) is 49.7 Å². The topological polar surface area (TPSA) is 41.6 Å². The summed E-state index contributed by atoms with van der Waals surface area (Å²) < 4.78 is 5.07. The van der Waals surface area contributed by atoms with Crippen LogP contribution in [0.4, 0.5) is 0 Å². The SMILES string of the molecule is COCCN(C(=O)[C@@H]1CCCCN1)C1CC1. The molecule has 0 aromatic heterocycles. The summed E-state index contributed by atoms with van der Waals surface area (Å²) in [6.07, 6.45) is 5.71. The molecule has 4 heteroatoms. The molecule has 1 saturated heterocycles. The first-order valence-electron chi connectivity index (χ1n) is 6.35. The monoisotopic (exact) mass is 226 g/mol. The third-order valence-electron chi connectivity index (χ3n) is 3.42. The number of hydrogen-bond acceptors (Lipinski definition) is 3. The Bertz CT molecular complexity index is 235. The van der Waals surface area contributed by atoms with Crippen LogP contribution < -0.4 is 5.32 Å². The summed E-state index contributed by atoms with van der Waals surface area (Å²) in [6.45, 7) is 2.38. The lowest BCUT2D eigenvalue weighted by Crippen LogP contribution is -2.50. The fraction of sp³-hybridized carbons (Fsp3) is 0.917. The minimum absolute atomic E-state index is 0.0613. The Kier molecular flexibility index (Phi) is 4.18. The zero-order valence-corrected chi connectivity index (χ0v) is 10.1. The predicted molar refractivity (Wildman–Crippen MR) is 62.3 cm³/mol. The number of ether oxygens (including phenoxy) is 1. The number of nitrogens with one attached hydrogen (secondary N) is 1. The van der Waals surface area contributed by atoms with Gasteiger partial charge in [-0.25, -0.2) is 0 Å². The maximum Gasteiger partial charge on any atom is 0.240 e. The molecule has 1 amide bonds. The van der Waals surface area contributed by atoms with E-state index in [1.807, 2.05) is 4.90 Å². The molecule has 2 aliphatic rings. The quantitative estimate of drug-likeness (QED) is 0.752. The number of methoxy groups -OCH3 is 1. The van der Waals surface area contributed by atoms with Crippen molar-refractivity contribution >= 4 is 5.91 Å². The van der Waals surface area contributed by atoms with Crippen molar-refractivity contribution in [3.63, 3.8) is 0 Å². The van der Waals surface area contributed by atoms with Gasteiger partial charge in [0.15, 0.2) is 0 Å². The maximum atomic E-state index is 12.3. The normalized spacial score (nSPS) is 25.4. The van der Waals surface area contributed by atoms with Crippen molar-refractivity contribution in [3.05, 3.63) is 0 Å². The number of nitrogens with zero attached hydrogens (tertiary/aromatic N) is 1. The van der Waals surface area contributed by atoms with Crippen LogP contribution in [0.15, 0.2) is 0 Å². The fourth-order valence-electron chi connectivity index (χ4n) is 2.31. The van der Waals surface area contributed by atoms with Gasteiger partial charge in [-0.1, -0.05) is 6.42 Å². The van der Waals surface area contributed by atoms with E-state index in [4.69, 9.17) is 4.74 Å². The molecule has 0 bridgehead atoms. The van der Waals surface area contributed by atoms with Crippen LogP contribution >= 0.6 is 0 Å². The van der Waals surface area contributed by atoms with E-state index in [1.165, 1.54) is 25.7 Å². The highest BCUT2D eigenvalue weighted by Crippen LogP contribution is 2.27. The average Bonchev–Trinajstić information content (AvgIpc) is 3.15. The summed E-state index contributed by atoms with van der Waals surface area (Å²) in [5, 5.41) is 3.33. The fourth-order valence-corrected chi connectivity index (χ4v) is 2.31. The van der Waals surface area contributed by atoms with Gasteiger partial charge < -0.3 is 15.0 Å². The van der Waals surface area contributed by atoms with Crippen LogP contribution in [0.1, 0.15) is 32.1 Å². The summed E-state index contributed by atoms with van der Waals surface area (Å²) in [5.74, 6) is 0.291. The molecule has 16 heavy (non-hydrogen) atoms. The van der Waals surface area contributed by atoms with Gasteiger partial charge in [0.1, 0.15) is 0 Å². The molecule has 0 unspecified atom stereocenters. The van der Waals surface area contributed by atoms with Crippen LogP contribution in [0, 0.1) is 0 Å². The van der Waals surface area contributed by atoms with Crippen LogP contribution in [0.3, 0.4) is 0 Å². The molecule has 4 nitrogen and oxygen atoms in total. The van der Waals surface area contributed by atoms with Gasteiger partial charge in [0.05, 0.1) is 12.6 Å². The van der Waals surface area contributed by atoms with E-state index in [1.54, 1.807) is 7.11 Å². The Hall–Kier alpha value is -0.610. The summed E-state index contributed by atoms with van der Waals surface area (Å²) >= 11 is 0. The lowest BCUT2D eigenvalue weighted by molar-refractivity contribution is -0.135. The lowest BCUT2D eigenvalue weighted by atomic mass is 10.0. The van der Waals surface area contributed by atoms with Crippen molar-refractivity contribution in [2.45, 2.75) is 44.2 Å². The molecule has 0 radical (unpaired) electrons. The van der Waals surface area contributed by atoms with Gasteiger partial charge in [-0.2, -0.15) is 0 Å². The Morgan fingerprint density at radius 2 is 2.19 bits per heavy atom. The summed E-state index contributed by atoms with van der Waals surface area (Å²) in [6, 6.07) is 0.553. The van der Waals surface area contributed by atoms with Crippen molar-refractivity contribution in [3.8, 4) is 0 Å². The molecule has 2 rings (SSSR count). The van der Waals surface area contributed by atoms with E-state index in [2.05, 4.69) is 5.32 Å². The molecule has 1 heterocycles. The van der Waals surface area contributed by atoms with E-state index in [-0.39, 0.29) is 6.04 Å². The van der Waals surface area contributed by atoms with E-state index < -0.39 is 0 Å². The molecule has 0 spiro atoms. The molecule has 1 N–H and O–H groups in total. The van der Waals surface area contributed by atoms with Crippen molar-refractivity contribution < 1.29 is 9.53 Å². The molecule has 1 aliphatic carbocycles. The van der Waals surface area contributed by atoms with Gasteiger partial charge in [-0.05, 0) is 32.2 Å². The van der Waals surface area contributed by atoms with Crippen molar-refractivity contribution in [2.24, 2.45) is 0 Å². The zero-order valence-electron chi connectivity index (χ0n) is 10.1. The third-order valence-corrected chi connectivity index (χ3v) is 3.42. The van der Waals surface area contributed by atoms with Crippen LogP contribution in [-0.2, 0) is 9.53 Å². The molecular formula is C12H22N2O2. The third kappa shape index (κ3) is 2.95. The molecule has 0 aromatic rings. The second-order valence-corrected chi connectivity index (χ2v) is 4.76. The van der Waals surface area contributed by atoms with E-state index in [9.17, 15) is 4.79 Å². The van der Waals surface area contributed by atoms with Crippen LogP contribution in [0.2, 0.25) is 0 Å². The van der Waals surface area contributed by atoms with Crippen LogP contribution in [0.25, 0.3) is 0 Å². The van der Waals surface area contributed by atoms with Crippen molar-refractivity contribution in [1.82, 2.24) is 10.2 Å². The number of hydrogen-bond donors (Lipinski definition) is 1. The summed E-state index contributed by atoms with van der Waals surface area (Å²) in [7, 11) is 1.69. The standard InChI is InChI=1S/C12H22N2O2/c1-16-9-8-14(10-5-6-10)12(15)11-4-2-3-7-13-11/h10-11,13H,2-9H2,1H3/t11-/m0/s1. The summed E-state index contributed by atoms with van der Waals surface area (Å²) in [5.41, 5.74) is 0. The van der Waals surface area contributed by atoms with Gasteiger partial charge >= 0.3 is 0 Å². The van der Waals surface area contributed by atoms with Gasteiger partial charge in [-0.3, -0.25) is 4.79 Å². The Morgan fingerprint density at radius 1 is 1.38 bits per heavy atom. The Balaban J connectivity index is 1.87. The highest BCUT2D eigenvalue weighted by atomic mass is 16.5. The van der Waals surface area contributed by atoms with Crippen molar-refractivity contribution in [1.29, 1.82) is 0 Å². The van der Waals surface area contributed by atoms with Gasteiger partial charge in [0, 0.05) is 19.7 Å². The van der Waals surface area contributed by atoms with E-state index in [0.29, 0.717) is 18.6 Å². The minimum Gasteiger partial charge on any atom is -0.383 e. The van der Waals surface area contributed by atoms with Gasteiger partial charge in [-0.15, -0.1) is 0 Å². The Morgan fingerprint density at radius 3 is 2.75 bits per heavy atom. The van der Waals surface area contributed by atoms with Gasteiger partial charge in [0.2, 0.25) is 5.91 Å². The first-order valence-corrected chi connectivity index (χ1v) is 6.35. The van der Waals surface area contributed by atoms with E-state index in [0.717, 1.165) is 19.5 Å². The zero-order chi connectivity index (χ0) is 11.4. The molecule has 1 saturated carbocycles. The molecule has 1 aliphatic heterocycles. The predicted octanol–water partition coefficient (Wildman–Crippen LogP) is 0.766. The minimum atomic E-state index is 0.0613. The number of carbonyl (C=O) groups is 1. The maximum absolute atomic E-state index is 12.3. The summed E-state index contributed by atoms with van der Waals surface area (Å²) in [4.78, 5) is 14.3. The molecular weight excluding hydrogens is 204 g/mol. The first-order chi connectivity index (χ1) is 7.83. The number of piperidine rings is 1. The molecule has 2 fully saturated rings. The Labute approximate surface area is 97.3 Å². The number of rotatable bonds is 5. The van der Waals surface area contributed by atoms with Crippen molar-refractivity contribution in [2.75, 3.05) is 26.8 Å². The lowest BCUT2D eigenvalue weighted by Gasteiger charge is -2.30. The average molecular weight is 226 g/mol. The molecule has 0 aromatic carbocycles.